The Bertz CT molecular complexity index is 1290. The van der Waals surface area contributed by atoms with Crippen molar-refractivity contribution in [3.8, 4) is 0 Å². The van der Waals surface area contributed by atoms with Crippen LogP contribution in [0.4, 0.5) is 17.6 Å². The molecule has 2 heterocycles. The van der Waals surface area contributed by atoms with E-state index in [-0.39, 0.29) is 20.3 Å². The summed E-state index contributed by atoms with van der Waals surface area (Å²) in [5.41, 5.74) is 11.4. The standard InChI is InChI=1S/C18H27F2NO8.C12H20F2N2O7.CH4O.CH4/c1-6-12(27-9(3)23)15(28-10(4)24)14-11(7-8(2)22)13(21)16(19)18(20,29-14)17(25)26-5;1-4(18)2-5-7(15)10(13)12(14,11(21)23-16)22-9(5)8(20)6(19)3-17;1-2;/h11-16H,6-7,21H2,1-5H3;5-10,17,19-20H,2-3,15-16H2,1H3;2H,1H3;1H4/t11-,12-,13+,14?,15-,16?,18-;5-,6-,7+,8-,9?,10?,12-;;/m11../s1. The highest BCUT2D eigenvalue weighted by molar-refractivity contribution is 5.80. The van der Waals surface area contributed by atoms with Crippen molar-refractivity contribution >= 4 is 35.4 Å². The van der Waals surface area contributed by atoms with Crippen molar-refractivity contribution in [3.63, 3.8) is 0 Å². The number of aliphatic hydroxyl groups excluding tert-OH is 4. The number of halogens is 4. The first-order chi connectivity index (χ1) is 25.0. The average Bonchev–Trinajstić information content (AvgIpc) is 3.12. The van der Waals surface area contributed by atoms with Crippen molar-refractivity contribution in [1.29, 1.82) is 0 Å². The molecule has 10 N–H and O–H groups in total. The summed E-state index contributed by atoms with van der Waals surface area (Å²) in [6, 6.07) is -3.41. The van der Waals surface area contributed by atoms with E-state index in [1.54, 1.807) is 6.92 Å². The van der Waals surface area contributed by atoms with E-state index >= 15 is 4.39 Å². The second kappa shape index (κ2) is 23.6. The molecule has 0 radical (unpaired) electrons. The molecule has 0 saturated carbocycles. The molecule has 2 aliphatic rings. The third kappa shape index (κ3) is 13.3. The number of methoxy groups -OCH3 is 1. The van der Waals surface area contributed by atoms with Crippen molar-refractivity contribution in [2.24, 2.45) is 29.2 Å². The van der Waals surface area contributed by atoms with Gasteiger partial charge in [0.1, 0.15) is 36.0 Å². The highest BCUT2D eigenvalue weighted by atomic mass is 19.2. The van der Waals surface area contributed by atoms with E-state index in [2.05, 4.69) is 20.2 Å². The monoisotopic (exact) mass is 813 g/mol. The molecule has 322 valence electrons. The van der Waals surface area contributed by atoms with Gasteiger partial charge >= 0.3 is 35.6 Å². The molecule has 2 fully saturated rings. The summed E-state index contributed by atoms with van der Waals surface area (Å²) in [5, 5.41) is 35.3. The summed E-state index contributed by atoms with van der Waals surface area (Å²) < 4.78 is 83.1. The highest BCUT2D eigenvalue weighted by Gasteiger charge is 2.64. The molecule has 0 aromatic heterocycles. The van der Waals surface area contributed by atoms with Crippen LogP contribution in [-0.2, 0) is 57.3 Å². The SMILES string of the molecule is C.CC(=O)C[C@H]1C([C@H](O)[C@H](O)CO)O[C@@](F)(C(=O)ON)C(F)[C@H]1N.CC[C@@H](OC(C)=O)[C@@H](OC(C)=O)C1O[C@@](F)(C(=O)OC)C(F)[C@@H](N)[C@H]1CC(C)=O.CO. The summed E-state index contributed by atoms with van der Waals surface area (Å²) in [6.07, 6.45) is -15.7. The van der Waals surface area contributed by atoms with E-state index < -0.39 is 133 Å². The van der Waals surface area contributed by atoms with Gasteiger partial charge in [-0.15, -0.1) is 0 Å². The molecule has 14 atom stereocenters. The highest BCUT2D eigenvalue weighted by Crippen LogP contribution is 2.42. The fourth-order valence-corrected chi connectivity index (χ4v) is 5.88. The van der Waals surface area contributed by atoms with Gasteiger partial charge in [0, 0.05) is 57.7 Å². The fraction of sp³-hybridized carbons (Fsp3) is 0.812. The molecular weight excluding hydrogens is 758 g/mol. The minimum absolute atomic E-state index is 0. The van der Waals surface area contributed by atoms with Crippen LogP contribution in [0.1, 0.15) is 61.3 Å². The molecule has 55 heavy (non-hydrogen) atoms. The van der Waals surface area contributed by atoms with Gasteiger partial charge in [-0.2, -0.15) is 14.7 Å². The maximum Gasteiger partial charge on any atom is 0.393 e. The zero-order chi connectivity index (χ0) is 42.5. The lowest BCUT2D eigenvalue weighted by molar-refractivity contribution is -0.287. The van der Waals surface area contributed by atoms with E-state index in [0.717, 1.165) is 35.0 Å². The minimum Gasteiger partial charge on any atom is -0.465 e. The van der Waals surface area contributed by atoms with Crippen LogP contribution in [0.5, 0.6) is 0 Å². The zero-order valence-corrected chi connectivity index (χ0v) is 30.7. The van der Waals surface area contributed by atoms with Crippen molar-refractivity contribution < 1.29 is 95.3 Å². The maximum atomic E-state index is 15.2. The van der Waals surface area contributed by atoms with Crippen LogP contribution < -0.4 is 17.4 Å². The normalized spacial score (nSPS) is 32.1. The van der Waals surface area contributed by atoms with Gasteiger partial charge in [0.2, 0.25) is 0 Å². The Morgan fingerprint density at radius 2 is 1.18 bits per heavy atom. The van der Waals surface area contributed by atoms with Gasteiger partial charge in [-0.25, -0.2) is 18.4 Å². The molecule has 19 nitrogen and oxygen atoms in total. The van der Waals surface area contributed by atoms with Crippen LogP contribution in [-0.4, -0.2) is 149 Å². The van der Waals surface area contributed by atoms with Crippen molar-refractivity contribution in [2.75, 3.05) is 20.8 Å². The number of Topliss-reactive ketones (excluding diaryl/α,β-unsaturated/α-hetero) is 2. The molecule has 0 amide bonds. The predicted octanol–water partition coefficient (Wildman–Crippen LogP) is -1.55. The van der Waals surface area contributed by atoms with E-state index in [1.807, 2.05) is 0 Å². The number of carbonyl (C=O) groups is 6. The summed E-state index contributed by atoms with van der Waals surface area (Å²) in [4.78, 5) is 73.0. The number of alkyl halides is 4. The molecule has 0 spiro atoms. The molecule has 0 bridgehead atoms. The molecular formula is C32H55F4N3O16. The third-order valence-electron chi connectivity index (χ3n) is 8.36. The molecule has 0 aromatic rings. The number of hydrogen-bond acceptors (Lipinski definition) is 19. The van der Waals surface area contributed by atoms with Crippen LogP contribution in [0.25, 0.3) is 0 Å². The predicted molar refractivity (Wildman–Crippen MR) is 178 cm³/mol. The van der Waals surface area contributed by atoms with Crippen molar-refractivity contribution in [3.05, 3.63) is 0 Å². The number of nitrogens with two attached hydrogens (primary N) is 3. The molecule has 2 rings (SSSR count). The Morgan fingerprint density at radius 1 is 0.782 bits per heavy atom. The first-order valence-corrected chi connectivity index (χ1v) is 16.3. The Morgan fingerprint density at radius 3 is 1.53 bits per heavy atom. The molecule has 0 aliphatic carbocycles. The average molecular weight is 814 g/mol. The van der Waals surface area contributed by atoms with Crippen LogP contribution in [0.15, 0.2) is 0 Å². The Hall–Kier alpha value is -3.42. The summed E-state index contributed by atoms with van der Waals surface area (Å²) in [5.74, 6) is -11.2. The van der Waals surface area contributed by atoms with Gasteiger partial charge < -0.3 is 70.0 Å². The second-order valence-electron chi connectivity index (χ2n) is 12.3. The number of carbonyl (C=O) groups excluding carboxylic acids is 6. The van der Waals surface area contributed by atoms with E-state index in [0.29, 0.717) is 0 Å². The number of aliphatic hydroxyl groups is 4. The van der Waals surface area contributed by atoms with E-state index in [9.17, 15) is 52.2 Å². The quantitative estimate of drug-likeness (QED) is 0.0452. The Kier molecular flexibility index (Phi) is 23.0. The lowest BCUT2D eigenvalue weighted by atomic mass is 9.78. The van der Waals surface area contributed by atoms with Gasteiger partial charge in [0.15, 0.2) is 18.4 Å². The lowest BCUT2D eigenvalue weighted by Gasteiger charge is -2.47. The number of esters is 3. The topological polar surface area (TPSA) is 317 Å². The third-order valence-corrected chi connectivity index (χ3v) is 8.36. The van der Waals surface area contributed by atoms with Crippen molar-refractivity contribution in [1.82, 2.24) is 0 Å². The van der Waals surface area contributed by atoms with Crippen LogP contribution in [0, 0.1) is 11.8 Å². The number of ketones is 2. The molecule has 0 aromatic carbocycles. The van der Waals surface area contributed by atoms with E-state index in [1.165, 1.54) is 6.92 Å². The van der Waals surface area contributed by atoms with E-state index in [4.69, 9.17) is 35.9 Å². The van der Waals surface area contributed by atoms with Crippen LogP contribution in [0.2, 0.25) is 0 Å². The fourth-order valence-electron chi connectivity index (χ4n) is 5.88. The largest absolute Gasteiger partial charge is 0.465 e. The first-order valence-electron chi connectivity index (χ1n) is 16.3. The molecule has 2 aliphatic heterocycles. The Labute approximate surface area is 315 Å². The molecule has 2 saturated heterocycles. The maximum absolute atomic E-state index is 15.2. The first kappa shape index (κ1) is 53.7. The van der Waals surface area contributed by atoms with Gasteiger partial charge in [0.25, 0.3) is 0 Å². The Balaban J connectivity index is 0. The van der Waals surface area contributed by atoms with Gasteiger partial charge in [-0.05, 0) is 20.3 Å². The van der Waals surface area contributed by atoms with Crippen LogP contribution >= 0.6 is 0 Å². The summed E-state index contributed by atoms with van der Waals surface area (Å²) in [7, 11) is 1.83. The number of rotatable bonds is 14. The summed E-state index contributed by atoms with van der Waals surface area (Å²) in [6.45, 7) is 5.18. The molecule has 23 heteroatoms. The number of hydrogen-bond donors (Lipinski definition) is 7. The molecule has 4 unspecified atom stereocenters. The van der Waals surface area contributed by atoms with Crippen LogP contribution in [0.3, 0.4) is 0 Å². The van der Waals surface area contributed by atoms with Gasteiger partial charge in [-0.1, -0.05) is 14.4 Å². The smallest absolute Gasteiger partial charge is 0.393 e. The zero-order valence-electron chi connectivity index (χ0n) is 30.7. The second-order valence-corrected chi connectivity index (χ2v) is 12.3. The summed E-state index contributed by atoms with van der Waals surface area (Å²) >= 11 is 0. The minimum atomic E-state index is -3.72. The lowest BCUT2D eigenvalue weighted by Crippen LogP contribution is -2.68. The van der Waals surface area contributed by atoms with Gasteiger partial charge in [0.05, 0.1) is 19.8 Å². The van der Waals surface area contributed by atoms with Crippen molar-refractivity contribution in [2.45, 2.75) is 134 Å². The van der Waals surface area contributed by atoms with Gasteiger partial charge in [-0.3, -0.25) is 9.59 Å². The number of ether oxygens (including phenoxy) is 5.